The lowest BCUT2D eigenvalue weighted by Crippen LogP contribution is -2.35. The third-order valence-electron chi connectivity index (χ3n) is 3.98. The normalized spacial score (nSPS) is 19.6. The smallest absolute Gasteiger partial charge is 0.0897 e. The standard InChI is InChI=1S/C16H25NO3/c1-13(14-5-3-2-4-6-14)20-10-15(19)9-17-11-16(12-18)7-8-16/h2-6,13,15,17-19H,7-12H2,1H3. The van der Waals surface area contributed by atoms with Crippen molar-refractivity contribution in [2.45, 2.75) is 32.0 Å². The molecule has 1 aliphatic carbocycles. The summed E-state index contributed by atoms with van der Waals surface area (Å²) in [4.78, 5) is 0. The highest BCUT2D eigenvalue weighted by atomic mass is 16.5. The van der Waals surface area contributed by atoms with E-state index in [1.165, 1.54) is 0 Å². The molecule has 0 aromatic heterocycles. The van der Waals surface area contributed by atoms with Gasteiger partial charge in [-0.05, 0) is 25.3 Å². The first-order valence-electron chi connectivity index (χ1n) is 7.31. The number of rotatable bonds is 9. The lowest BCUT2D eigenvalue weighted by Gasteiger charge is -2.18. The molecule has 0 amide bonds. The molecule has 3 N–H and O–H groups in total. The lowest BCUT2D eigenvalue weighted by molar-refractivity contribution is -0.00257. The molecule has 1 aromatic carbocycles. The molecule has 1 fully saturated rings. The molecule has 2 rings (SSSR count). The van der Waals surface area contributed by atoms with Gasteiger partial charge in [0.2, 0.25) is 0 Å². The van der Waals surface area contributed by atoms with Crippen LogP contribution in [0.5, 0.6) is 0 Å². The Bertz CT molecular complexity index is 392. The number of hydrogen-bond acceptors (Lipinski definition) is 4. The quantitative estimate of drug-likeness (QED) is 0.641. The zero-order valence-corrected chi connectivity index (χ0v) is 12.1. The van der Waals surface area contributed by atoms with Crippen LogP contribution in [0.2, 0.25) is 0 Å². The van der Waals surface area contributed by atoms with Crippen molar-refractivity contribution in [2.24, 2.45) is 5.41 Å². The van der Waals surface area contributed by atoms with Crippen molar-refractivity contribution in [3.8, 4) is 0 Å². The molecule has 112 valence electrons. The Morgan fingerprint density at radius 1 is 1.30 bits per heavy atom. The summed E-state index contributed by atoms with van der Waals surface area (Å²) >= 11 is 0. The van der Waals surface area contributed by atoms with Crippen molar-refractivity contribution in [2.75, 3.05) is 26.3 Å². The van der Waals surface area contributed by atoms with Crippen LogP contribution >= 0.6 is 0 Å². The minimum atomic E-state index is -0.518. The molecular formula is C16H25NO3. The summed E-state index contributed by atoms with van der Waals surface area (Å²) in [5.74, 6) is 0. The maximum atomic E-state index is 9.88. The Balaban J connectivity index is 1.61. The number of aliphatic hydroxyl groups excluding tert-OH is 2. The van der Waals surface area contributed by atoms with Gasteiger partial charge in [-0.25, -0.2) is 0 Å². The molecule has 1 saturated carbocycles. The van der Waals surface area contributed by atoms with Crippen molar-refractivity contribution >= 4 is 0 Å². The van der Waals surface area contributed by atoms with Crippen molar-refractivity contribution < 1.29 is 14.9 Å². The van der Waals surface area contributed by atoms with Gasteiger partial charge in [-0.2, -0.15) is 0 Å². The second-order valence-electron chi connectivity index (χ2n) is 5.83. The first kappa shape index (κ1) is 15.4. The van der Waals surface area contributed by atoms with Crippen LogP contribution in [0.3, 0.4) is 0 Å². The number of aliphatic hydroxyl groups is 2. The SMILES string of the molecule is CC(OCC(O)CNCC1(CO)CC1)c1ccccc1. The third-order valence-corrected chi connectivity index (χ3v) is 3.98. The number of benzene rings is 1. The highest BCUT2D eigenvalue weighted by Crippen LogP contribution is 2.44. The zero-order valence-electron chi connectivity index (χ0n) is 12.1. The summed E-state index contributed by atoms with van der Waals surface area (Å²) in [5.41, 5.74) is 1.20. The number of ether oxygens (including phenoxy) is 1. The lowest BCUT2D eigenvalue weighted by atomic mass is 10.1. The average molecular weight is 279 g/mol. The largest absolute Gasteiger partial charge is 0.396 e. The van der Waals surface area contributed by atoms with Crippen LogP contribution in [-0.4, -0.2) is 42.6 Å². The maximum Gasteiger partial charge on any atom is 0.0897 e. The summed E-state index contributed by atoms with van der Waals surface area (Å²) in [5, 5.41) is 22.3. The van der Waals surface area contributed by atoms with E-state index in [4.69, 9.17) is 4.74 Å². The van der Waals surface area contributed by atoms with Gasteiger partial charge in [0.15, 0.2) is 0 Å². The van der Waals surface area contributed by atoms with Gasteiger partial charge in [0.1, 0.15) is 0 Å². The Morgan fingerprint density at radius 3 is 2.60 bits per heavy atom. The molecule has 1 aliphatic rings. The molecule has 0 heterocycles. The van der Waals surface area contributed by atoms with Crippen LogP contribution in [-0.2, 0) is 4.74 Å². The molecule has 1 aromatic rings. The van der Waals surface area contributed by atoms with Gasteiger partial charge in [-0.15, -0.1) is 0 Å². The van der Waals surface area contributed by atoms with E-state index in [1.54, 1.807) is 0 Å². The van der Waals surface area contributed by atoms with E-state index in [0.717, 1.165) is 24.9 Å². The fraction of sp³-hybridized carbons (Fsp3) is 0.625. The average Bonchev–Trinajstić information content (AvgIpc) is 3.26. The van der Waals surface area contributed by atoms with Gasteiger partial charge >= 0.3 is 0 Å². The molecule has 0 radical (unpaired) electrons. The van der Waals surface area contributed by atoms with Gasteiger partial charge in [-0.3, -0.25) is 0 Å². The summed E-state index contributed by atoms with van der Waals surface area (Å²) < 4.78 is 5.68. The van der Waals surface area contributed by atoms with Gasteiger partial charge < -0.3 is 20.3 Å². The summed E-state index contributed by atoms with van der Waals surface area (Å²) in [6.07, 6.45) is 1.62. The molecule has 2 unspecified atom stereocenters. The molecule has 0 bridgehead atoms. The Kier molecular flexibility index (Phi) is 5.54. The third kappa shape index (κ3) is 4.56. The van der Waals surface area contributed by atoms with Gasteiger partial charge in [0.05, 0.1) is 18.8 Å². The van der Waals surface area contributed by atoms with Crippen LogP contribution < -0.4 is 5.32 Å². The molecule has 4 heteroatoms. The van der Waals surface area contributed by atoms with Gasteiger partial charge in [-0.1, -0.05) is 30.3 Å². The molecule has 2 atom stereocenters. The van der Waals surface area contributed by atoms with Crippen LogP contribution in [0.25, 0.3) is 0 Å². The number of hydrogen-bond donors (Lipinski definition) is 3. The zero-order chi connectivity index (χ0) is 14.4. The molecule has 0 spiro atoms. The predicted octanol–water partition coefficient (Wildman–Crippen LogP) is 1.49. The molecular weight excluding hydrogens is 254 g/mol. The first-order chi connectivity index (χ1) is 9.65. The van der Waals surface area contributed by atoms with Crippen LogP contribution in [0.4, 0.5) is 0 Å². The van der Waals surface area contributed by atoms with Crippen LogP contribution in [0.1, 0.15) is 31.4 Å². The van der Waals surface area contributed by atoms with E-state index in [0.29, 0.717) is 13.2 Å². The van der Waals surface area contributed by atoms with Crippen molar-refractivity contribution in [1.29, 1.82) is 0 Å². The van der Waals surface area contributed by atoms with E-state index in [1.807, 2.05) is 37.3 Å². The predicted molar refractivity (Wildman–Crippen MR) is 78.4 cm³/mol. The molecule has 0 aliphatic heterocycles. The van der Waals surface area contributed by atoms with E-state index >= 15 is 0 Å². The summed E-state index contributed by atoms with van der Waals surface area (Å²) in [6.45, 7) is 3.81. The minimum absolute atomic E-state index is 0.0157. The fourth-order valence-electron chi connectivity index (χ4n) is 2.21. The number of nitrogens with one attached hydrogen (secondary N) is 1. The van der Waals surface area contributed by atoms with Crippen molar-refractivity contribution in [1.82, 2.24) is 5.32 Å². The fourth-order valence-corrected chi connectivity index (χ4v) is 2.21. The van der Waals surface area contributed by atoms with Crippen molar-refractivity contribution in [3.63, 3.8) is 0 Å². The summed E-state index contributed by atoms with van der Waals surface area (Å²) in [6, 6.07) is 9.99. The second-order valence-corrected chi connectivity index (χ2v) is 5.83. The Morgan fingerprint density at radius 2 is 2.00 bits per heavy atom. The molecule has 4 nitrogen and oxygen atoms in total. The van der Waals surface area contributed by atoms with Gasteiger partial charge in [0.25, 0.3) is 0 Å². The van der Waals surface area contributed by atoms with E-state index in [9.17, 15) is 10.2 Å². The van der Waals surface area contributed by atoms with E-state index < -0.39 is 6.10 Å². The maximum absolute atomic E-state index is 9.88. The van der Waals surface area contributed by atoms with Crippen molar-refractivity contribution in [3.05, 3.63) is 35.9 Å². The summed E-state index contributed by atoms with van der Waals surface area (Å²) in [7, 11) is 0. The van der Waals surface area contributed by atoms with E-state index in [2.05, 4.69) is 5.32 Å². The second kappa shape index (κ2) is 7.18. The first-order valence-corrected chi connectivity index (χ1v) is 7.31. The van der Waals surface area contributed by atoms with E-state index in [-0.39, 0.29) is 18.1 Å². The monoisotopic (exact) mass is 279 g/mol. The highest BCUT2D eigenvalue weighted by molar-refractivity contribution is 5.16. The minimum Gasteiger partial charge on any atom is -0.396 e. The van der Waals surface area contributed by atoms with Crippen LogP contribution in [0, 0.1) is 5.41 Å². The molecule has 20 heavy (non-hydrogen) atoms. The van der Waals surface area contributed by atoms with Gasteiger partial charge in [0, 0.05) is 25.1 Å². The highest BCUT2D eigenvalue weighted by Gasteiger charge is 2.41. The Hall–Kier alpha value is -0.940. The van der Waals surface area contributed by atoms with Crippen LogP contribution in [0.15, 0.2) is 30.3 Å². The topological polar surface area (TPSA) is 61.7 Å². The Labute approximate surface area is 120 Å². The molecule has 0 saturated heterocycles.